The smallest absolute Gasteiger partial charge is 0.213 e. The van der Waals surface area contributed by atoms with Crippen LogP contribution in [-0.4, -0.2) is 80.6 Å². The molecule has 5 fully saturated rings. The summed E-state index contributed by atoms with van der Waals surface area (Å²) in [5, 5.41) is 0. The highest BCUT2D eigenvalue weighted by Crippen LogP contribution is 2.57. The van der Waals surface area contributed by atoms with Crippen molar-refractivity contribution >= 4 is 10.0 Å². The van der Waals surface area contributed by atoms with E-state index in [9.17, 15) is 8.42 Å². The van der Waals surface area contributed by atoms with Crippen LogP contribution in [0.5, 0.6) is 0 Å². The third kappa shape index (κ3) is 3.64. The Kier molecular flexibility index (Phi) is 4.93. The molecule has 4 saturated carbocycles. The topological polar surface area (TPSA) is 43.9 Å². The normalized spacial score (nSPS) is 39.4. The van der Waals surface area contributed by atoms with Gasteiger partial charge >= 0.3 is 0 Å². The van der Waals surface area contributed by atoms with Gasteiger partial charge in [-0.1, -0.05) is 0 Å². The quantitative estimate of drug-likeness (QED) is 0.717. The van der Waals surface area contributed by atoms with Crippen LogP contribution in [-0.2, 0) is 10.0 Å². The molecule has 5 aliphatic rings. The molecule has 5 rings (SSSR count). The van der Waals surface area contributed by atoms with Crippen molar-refractivity contribution in [3.63, 3.8) is 0 Å². The molecule has 0 N–H and O–H groups in total. The van der Waals surface area contributed by atoms with Crippen molar-refractivity contribution in [2.24, 2.45) is 17.8 Å². The lowest BCUT2D eigenvalue weighted by atomic mass is 9.52. The van der Waals surface area contributed by atoms with Gasteiger partial charge in [0.05, 0.1) is 5.75 Å². The van der Waals surface area contributed by atoms with Crippen molar-refractivity contribution in [2.75, 3.05) is 52.6 Å². The molecule has 0 atom stereocenters. The van der Waals surface area contributed by atoms with Gasteiger partial charge in [0.2, 0.25) is 10.0 Å². The van der Waals surface area contributed by atoms with E-state index in [0.29, 0.717) is 5.54 Å². The molecule has 1 aliphatic heterocycles. The molecule has 144 valence electrons. The van der Waals surface area contributed by atoms with E-state index in [2.05, 4.69) is 9.80 Å². The Balaban J connectivity index is 1.26. The van der Waals surface area contributed by atoms with Crippen LogP contribution < -0.4 is 0 Å². The maximum Gasteiger partial charge on any atom is 0.213 e. The Morgan fingerprint density at radius 1 is 0.920 bits per heavy atom. The lowest BCUT2D eigenvalue weighted by Crippen LogP contribution is -2.63. The first-order valence-electron chi connectivity index (χ1n) is 10.2. The Hall–Kier alpha value is -0.170. The zero-order valence-electron chi connectivity index (χ0n) is 16.0. The molecular formula is C19H35N3O2S. The summed E-state index contributed by atoms with van der Waals surface area (Å²) < 4.78 is 25.1. The lowest BCUT2D eigenvalue weighted by Gasteiger charge is -2.61. The molecule has 0 aromatic rings. The van der Waals surface area contributed by atoms with Gasteiger partial charge in [-0.15, -0.1) is 0 Å². The van der Waals surface area contributed by atoms with E-state index >= 15 is 0 Å². The second-order valence-electron chi connectivity index (χ2n) is 9.42. The van der Waals surface area contributed by atoms with Crippen molar-refractivity contribution in [2.45, 2.75) is 50.5 Å². The van der Waals surface area contributed by atoms with Crippen LogP contribution in [0.2, 0.25) is 0 Å². The van der Waals surface area contributed by atoms with Gasteiger partial charge in [-0.05, 0) is 69.2 Å². The molecule has 0 aromatic heterocycles. The summed E-state index contributed by atoms with van der Waals surface area (Å²) in [4.78, 5) is 5.31. The maximum atomic E-state index is 11.9. The fraction of sp³-hybridized carbons (Fsp3) is 1.00. The third-order valence-electron chi connectivity index (χ3n) is 7.48. The first-order valence-corrected chi connectivity index (χ1v) is 11.8. The van der Waals surface area contributed by atoms with E-state index in [-0.39, 0.29) is 5.75 Å². The summed E-state index contributed by atoms with van der Waals surface area (Å²) in [6.45, 7) is 5.52. The van der Waals surface area contributed by atoms with Crippen LogP contribution in [0.1, 0.15) is 44.9 Å². The molecule has 0 aromatic carbocycles. The fourth-order valence-electron chi connectivity index (χ4n) is 6.55. The molecule has 0 radical (unpaired) electrons. The van der Waals surface area contributed by atoms with Crippen molar-refractivity contribution in [1.29, 1.82) is 0 Å². The number of hydrogen-bond donors (Lipinski definition) is 0. The van der Waals surface area contributed by atoms with Gasteiger partial charge < -0.3 is 4.90 Å². The minimum atomic E-state index is -3.04. The van der Waals surface area contributed by atoms with E-state index < -0.39 is 10.0 Å². The van der Waals surface area contributed by atoms with Crippen molar-refractivity contribution in [3.8, 4) is 0 Å². The average molecular weight is 370 g/mol. The summed E-state index contributed by atoms with van der Waals surface area (Å²) in [6, 6.07) is 0. The lowest BCUT2D eigenvalue weighted by molar-refractivity contribution is -0.101. The SMILES string of the molecule is CN(C)S(=O)(=O)CCCN1CCN(C23CC4CC(CC(C4)C2)C3)CC1. The second-order valence-corrected chi connectivity index (χ2v) is 11.7. The molecular weight excluding hydrogens is 334 g/mol. The molecule has 25 heavy (non-hydrogen) atoms. The van der Waals surface area contributed by atoms with E-state index in [1.54, 1.807) is 14.1 Å². The highest BCUT2D eigenvalue weighted by atomic mass is 32.2. The van der Waals surface area contributed by atoms with Crippen LogP contribution in [0.3, 0.4) is 0 Å². The van der Waals surface area contributed by atoms with Gasteiger partial charge in [0, 0.05) is 45.8 Å². The molecule has 4 bridgehead atoms. The van der Waals surface area contributed by atoms with Crippen LogP contribution in [0.4, 0.5) is 0 Å². The molecule has 5 nitrogen and oxygen atoms in total. The molecule has 6 heteroatoms. The summed E-state index contributed by atoms with van der Waals surface area (Å²) in [6.07, 6.45) is 9.66. The van der Waals surface area contributed by atoms with Gasteiger partial charge in [0.25, 0.3) is 0 Å². The van der Waals surface area contributed by atoms with Gasteiger partial charge in [-0.3, -0.25) is 4.90 Å². The van der Waals surface area contributed by atoms with Crippen molar-refractivity contribution in [1.82, 2.24) is 14.1 Å². The molecule has 1 saturated heterocycles. The Labute approximate surface area is 153 Å². The first-order chi connectivity index (χ1) is 11.9. The minimum absolute atomic E-state index is 0.273. The maximum absolute atomic E-state index is 11.9. The molecule has 4 aliphatic carbocycles. The Bertz CT molecular complexity index is 546. The van der Waals surface area contributed by atoms with E-state index in [1.807, 2.05) is 0 Å². The minimum Gasteiger partial charge on any atom is -0.301 e. The number of hydrogen-bond acceptors (Lipinski definition) is 4. The van der Waals surface area contributed by atoms with Crippen LogP contribution in [0, 0.1) is 17.8 Å². The van der Waals surface area contributed by atoms with E-state index in [0.717, 1.165) is 43.8 Å². The molecule has 1 heterocycles. The standard InChI is InChI=1S/C19H35N3O2S/c1-20(2)25(23,24)9-3-4-21-5-7-22(8-6-21)19-13-16-10-17(14-19)12-18(11-16)15-19/h16-18H,3-15H2,1-2H3. The van der Waals surface area contributed by atoms with Crippen molar-refractivity contribution in [3.05, 3.63) is 0 Å². The molecule has 0 spiro atoms. The van der Waals surface area contributed by atoms with Crippen molar-refractivity contribution < 1.29 is 8.42 Å². The molecule has 0 amide bonds. The number of piperazine rings is 1. The summed E-state index contributed by atoms with van der Waals surface area (Å²) in [5.41, 5.74) is 0.537. The fourth-order valence-corrected chi connectivity index (χ4v) is 7.41. The van der Waals surface area contributed by atoms with Gasteiger partial charge in [-0.2, -0.15) is 0 Å². The predicted octanol–water partition coefficient (Wildman–Crippen LogP) is 1.85. The van der Waals surface area contributed by atoms with Gasteiger partial charge in [0.1, 0.15) is 0 Å². The van der Waals surface area contributed by atoms with E-state index in [1.165, 1.54) is 55.9 Å². The largest absolute Gasteiger partial charge is 0.301 e. The highest BCUT2D eigenvalue weighted by molar-refractivity contribution is 7.89. The molecule has 0 unspecified atom stereocenters. The van der Waals surface area contributed by atoms with Crippen LogP contribution in [0.15, 0.2) is 0 Å². The van der Waals surface area contributed by atoms with Crippen LogP contribution in [0.25, 0.3) is 0 Å². The highest BCUT2D eigenvalue weighted by Gasteiger charge is 2.53. The van der Waals surface area contributed by atoms with Gasteiger partial charge in [-0.25, -0.2) is 12.7 Å². The number of sulfonamides is 1. The zero-order chi connectivity index (χ0) is 17.7. The monoisotopic (exact) mass is 369 g/mol. The summed E-state index contributed by atoms with van der Waals surface area (Å²) in [7, 11) is 0.205. The van der Waals surface area contributed by atoms with Gasteiger partial charge in [0.15, 0.2) is 0 Å². The number of nitrogens with zero attached hydrogens (tertiary/aromatic N) is 3. The summed E-state index contributed by atoms with van der Waals surface area (Å²) in [5.74, 6) is 3.32. The third-order valence-corrected chi connectivity index (χ3v) is 9.40. The Morgan fingerprint density at radius 3 is 1.92 bits per heavy atom. The van der Waals surface area contributed by atoms with Crippen LogP contribution >= 0.6 is 0 Å². The first kappa shape index (κ1) is 18.2. The Morgan fingerprint density at radius 2 is 1.44 bits per heavy atom. The van der Waals surface area contributed by atoms with E-state index in [4.69, 9.17) is 0 Å². The summed E-state index contributed by atoms with van der Waals surface area (Å²) >= 11 is 0. The second kappa shape index (κ2) is 6.77. The average Bonchev–Trinajstić information content (AvgIpc) is 2.54. The zero-order valence-corrected chi connectivity index (χ0v) is 16.8. The number of rotatable bonds is 6. The predicted molar refractivity (Wildman–Crippen MR) is 101 cm³/mol.